The summed E-state index contributed by atoms with van der Waals surface area (Å²) in [4.78, 5) is 0. The smallest absolute Gasteiger partial charge is 0.529 e. The summed E-state index contributed by atoms with van der Waals surface area (Å²) in [5, 5.41) is 17.3. The van der Waals surface area contributed by atoms with Crippen molar-refractivity contribution in [3.63, 3.8) is 0 Å². The third kappa shape index (κ3) is 3.52. The van der Waals surface area contributed by atoms with Crippen LogP contribution in [0.2, 0.25) is 0 Å². The highest BCUT2D eigenvalue weighted by Crippen LogP contribution is 2.13. The fraction of sp³-hybridized carbons (Fsp3) is 0. The van der Waals surface area contributed by atoms with E-state index >= 15 is 0 Å². The number of nitriles is 2. The molecule has 0 fully saturated rings. The van der Waals surface area contributed by atoms with Crippen molar-refractivity contribution in [2.75, 3.05) is 0 Å². The van der Waals surface area contributed by atoms with Gasteiger partial charge in [0.05, 0.1) is 23.3 Å². The molecule has 2 rings (SSSR count). The zero-order chi connectivity index (χ0) is 13.5. The second-order valence-corrected chi connectivity index (χ2v) is 3.68. The molecule has 0 aliphatic rings. The number of hydrogen-bond acceptors (Lipinski definition) is 4. The van der Waals surface area contributed by atoms with Crippen molar-refractivity contribution in [1.29, 1.82) is 10.5 Å². The molecule has 0 saturated carbocycles. The van der Waals surface area contributed by atoms with Crippen molar-refractivity contribution in [2.45, 2.75) is 0 Å². The Labute approximate surface area is 111 Å². The van der Waals surface area contributed by atoms with Crippen molar-refractivity contribution in [3.05, 3.63) is 59.7 Å². The molecule has 90 valence electrons. The van der Waals surface area contributed by atoms with Crippen molar-refractivity contribution in [3.8, 4) is 23.6 Å². The summed E-state index contributed by atoms with van der Waals surface area (Å²) >= 11 is 0. The van der Waals surface area contributed by atoms with Crippen molar-refractivity contribution >= 4 is 7.69 Å². The molecule has 0 aromatic heterocycles. The van der Waals surface area contributed by atoms with Crippen LogP contribution in [0.15, 0.2) is 48.5 Å². The summed E-state index contributed by atoms with van der Waals surface area (Å²) < 4.78 is 10.7. The average molecular weight is 248 g/mol. The van der Waals surface area contributed by atoms with Crippen molar-refractivity contribution in [1.82, 2.24) is 0 Å². The van der Waals surface area contributed by atoms with E-state index in [0.29, 0.717) is 22.6 Å². The van der Waals surface area contributed by atoms with Crippen LogP contribution in [0.4, 0.5) is 0 Å². The Balaban J connectivity index is 1.85. The Bertz CT molecular complexity index is 567. The molecular formula is C14H9BN2O2. The van der Waals surface area contributed by atoms with Gasteiger partial charge in [0.2, 0.25) is 0 Å². The number of hydrogen-bond donors (Lipinski definition) is 0. The van der Waals surface area contributed by atoms with Crippen LogP contribution in [0.5, 0.6) is 11.5 Å². The molecule has 0 unspecified atom stereocenters. The number of rotatable bonds is 4. The summed E-state index contributed by atoms with van der Waals surface area (Å²) in [6, 6.07) is 17.6. The van der Waals surface area contributed by atoms with E-state index in [-0.39, 0.29) is 7.69 Å². The minimum Gasteiger partial charge on any atom is -0.529 e. The van der Waals surface area contributed by atoms with Crippen molar-refractivity contribution in [2.24, 2.45) is 0 Å². The first kappa shape index (κ1) is 12.5. The fourth-order valence-electron chi connectivity index (χ4n) is 1.42. The average Bonchev–Trinajstić information content (AvgIpc) is 2.49. The molecule has 19 heavy (non-hydrogen) atoms. The molecule has 0 aliphatic heterocycles. The molecule has 0 radical (unpaired) electrons. The highest BCUT2D eigenvalue weighted by Gasteiger charge is 2.00. The topological polar surface area (TPSA) is 66.0 Å². The van der Waals surface area contributed by atoms with Gasteiger partial charge in [0.1, 0.15) is 11.5 Å². The molecule has 0 heterocycles. The third-order valence-corrected chi connectivity index (χ3v) is 2.42. The Kier molecular flexibility index (Phi) is 4.05. The van der Waals surface area contributed by atoms with Gasteiger partial charge in [-0.3, -0.25) is 0 Å². The van der Waals surface area contributed by atoms with Gasteiger partial charge in [0.15, 0.2) is 0 Å². The Morgan fingerprint density at radius 3 is 1.37 bits per heavy atom. The van der Waals surface area contributed by atoms with E-state index in [1.807, 2.05) is 12.1 Å². The normalized spacial score (nSPS) is 8.95. The molecule has 0 amide bonds. The standard InChI is InChI=1S/C14H9BN2O2/c16-9-11-1-5-13(6-2-11)18-15-19-14-7-3-12(10-17)4-8-14/h1-8,15H. The number of nitrogens with zero attached hydrogens (tertiary/aromatic N) is 2. The van der Waals surface area contributed by atoms with E-state index in [4.69, 9.17) is 19.8 Å². The molecular weight excluding hydrogens is 239 g/mol. The monoisotopic (exact) mass is 248 g/mol. The van der Waals surface area contributed by atoms with E-state index in [9.17, 15) is 0 Å². The highest BCUT2D eigenvalue weighted by molar-refractivity contribution is 6.20. The SMILES string of the molecule is N#Cc1ccc(OBOc2ccc(C#N)cc2)cc1. The quantitative estimate of drug-likeness (QED) is 0.777. The first-order valence-electron chi connectivity index (χ1n) is 5.58. The van der Waals surface area contributed by atoms with Gasteiger partial charge in [-0.05, 0) is 48.5 Å². The lowest BCUT2D eigenvalue weighted by Crippen LogP contribution is -2.10. The lowest BCUT2D eigenvalue weighted by molar-refractivity contribution is 0.459. The Hall–Kier alpha value is -2.92. The van der Waals surface area contributed by atoms with Crippen LogP contribution in [-0.2, 0) is 0 Å². The zero-order valence-electron chi connectivity index (χ0n) is 10.0. The van der Waals surface area contributed by atoms with E-state index in [1.165, 1.54) is 0 Å². The van der Waals surface area contributed by atoms with Gasteiger partial charge in [-0.1, -0.05) is 0 Å². The van der Waals surface area contributed by atoms with E-state index in [0.717, 1.165) is 0 Å². The molecule has 0 aliphatic carbocycles. The van der Waals surface area contributed by atoms with E-state index in [2.05, 4.69) is 0 Å². The zero-order valence-corrected chi connectivity index (χ0v) is 10.0. The van der Waals surface area contributed by atoms with E-state index in [1.54, 1.807) is 48.5 Å². The lowest BCUT2D eigenvalue weighted by Gasteiger charge is -2.07. The number of benzene rings is 2. The molecule has 0 N–H and O–H groups in total. The second kappa shape index (κ2) is 6.14. The van der Waals surface area contributed by atoms with Crippen LogP contribution in [-0.4, -0.2) is 7.69 Å². The van der Waals surface area contributed by atoms with Crippen LogP contribution < -0.4 is 9.31 Å². The maximum Gasteiger partial charge on any atom is 0.576 e. The van der Waals surface area contributed by atoms with Crippen LogP contribution in [0, 0.1) is 22.7 Å². The molecule has 0 saturated heterocycles. The van der Waals surface area contributed by atoms with Gasteiger partial charge >= 0.3 is 7.69 Å². The molecule has 0 atom stereocenters. The van der Waals surface area contributed by atoms with Crippen LogP contribution in [0.1, 0.15) is 11.1 Å². The van der Waals surface area contributed by atoms with E-state index < -0.39 is 0 Å². The minimum absolute atomic E-state index is 0.0673. The Morgan fingerprint density at radius 1 is 0.684 bits per heavy atom. The maximum atomic E-state index is 8.66. The maximum absolute atomic E-state index is 8.66. The highest BCUT2D eigenvalue weighted by atomic mass is 16.6. The predicted octanol–water partition coefficient (Wildman–Crippen LogP) is 2.15. The van der Waals surface area contributed by atoms with Crippen LogP contribution >= 0.6 is 0 Å². The van der Waals surface area contributed by atoms with Crippen molar-refractivity contribution < 1.29 is 9.31 Å². The summed E-state index contributed by atoms with van der Waals surface area (Å²) in [6.07, 6.45) is 0. The summed E-state index contributed by atoms with van der Waals surface area (Å²) in [7, 11) is 0.0673. The molecule has 5 heteroatoms. The Morgan fingerprint density at radius 2 is 1.05 bits per heavy atom. The third-order valence-electron chi connectivity index (χ3n) is 2.42. The second-order valence-electron chi connectivity index (χ2n) is 3.68. The molecule has 0 bridgehead atoms. The molecule has 4 nitrogen and oxygen atoms in total. The predicted molar refractivity (Wildman–Crippen MR) is 70.7 cm³/mol. The van der Waals surface area contributed by atoms with Gasteiger partial charge in [-0.25, -0.2) is 0 Å². The summed E-state index contributed by atoms with van der Waals surface area (Å²) in [6.45, 7) is 0. The molecule has 2 aromatic carbocycles. The van der Waals surface area contributed by atoms with Crippen LogP contribution in [0.25, 0.3) is 0 Å². The largest absolute Gasteiger partial charge is 0.576 e. The minimum atomic E-state index is 0.0673. The van der Waals surface area contributed by atoms with Gasteiger partial charge in [-0.15, -0.1) is 0 Å². The van der Waals surface area contributed by atoms with Crippen LogP contribution in [0.3, 0.4) is 0 Å². The van der Waals surface area contributed by atoms with Gasteiger partial charge in [-0.2, -0.15) is 10.5 Å². The fourth-order valence-corrected chi connectivity index (χ4v) is 1.42. The van der Waals surface area contributed by atoms with Gasteiger partial charge in [0, 0.05) is 0 Å². The molecule has 2 aromatic rings. The summed E-state index contributed by atoms with van der Waals surface area (Å²) in [5.41, 5.74) is 1.17. The first-order chi connectivity index (χ1) is 9.31. The molecule has 0 spiro atoms. The van der Waals surface area contributed by atoms with Gasteiger partial charge < -0.3 is 9.31 Å². The lowest BCUT2D eigenvalue weighted by atomic mass is 10.2. The van der Waals surface area contributed by atoms with Gasteiger partial charge in [0.25, 0.3) is 0 Å². The first-order valence-corrected chi connectivity index (χ1v) is 5.58. The summed E-state index contributed by atoms with van der Waals surface area (Å²) in [5.74, 6) is 1.26.